The first-order valence-electron chi connectivity index (χ1n) is 6.81. The molecule has 0 aromatic carbocycles. The van der Waals surface area contributed by atoms with Crippen LogP contribution in [0.4, 0.5) is 0 Å². The minimum atomic E-state index is -0.113. The minimum Gasteiger partial charge on any atom is -0.462 e. The largest absolute Gasteiger partial charge is 0.462 e. The highest BCUT2D eigenvalue weighted by atomic mass is 35.5. The first-order valence-corrected chi connectivity index (χ1v) is 7.62. The molecule has 0 radical (unpaired) electrons. The quantitative estimate of drug-likeness (QED) is 0.860. The van der Waals surface area contributed by atoms with Crippen molar-refractivity contribution >= 4 is 42.1 Å². The Labute approximate surface area is 153 Å². The minimum absolute atomic E-state index is 0. The number of thiazole rings is 1. The van der Waals surface area contributed by atoms with E-state index in [9.17, 15) is 4.79 Å². The number of aryl methyl sites for hydroxylation is 1. The standard InChI is InChI=1S/C15H21N3O2S.2ClH/c1-10-12(14(19)18(4)9-15(2,3)8-16)17-13(21-10)11-6-5-7-20-11;;/h5-7H,8-9,16H2,1-4H3;2*1H. The highest BCUT2D eigenvalue weighted by Crippen LogP contribution is 2.28. The van der Waals surface area contributed by atoms with Crippen LogP contribution in [-0.4, -0.2) is 35.9 Å². The zero-order chi connectivity index (χ0) is 15.6. The fraction of sp³-hybridized carbons (Fsp3) is 0.467. The second-order valence-electron chi connectivity index (χ2n) is 5.93. The zero-order valence-corrected chi connectivity index (χ0v) is 16.1. The lowest BCUT2D eigenvalue weighted by Crippen LogP contribution is -2.40. The van der Waals surface area contributed by atoms with E-state index < -0.39 is 0 Å². The van der Waals surface area contributed by atoms with Crippen molar-refractivity contribution in [2.24, 2.45) is 11.1 Å². The third-order valence-electron chi connectivity index (χ3n) is 3.30. The Balaban J connectivity index is 0.00000242. The topological polar surface area (TPSA) is 72.4 Å². The normalized spacial score (nSPS) is 10.7. The number of halogens is 2. The van der Waals surface area contributed by atoms with Gasteiger partial charge in [-0.2, -0.15) is 0 Å². The van der Waals surface area contributed by atoms with Gasteiger partial charge in [-0.15, -0.1) is 36.2 Å². The maximum atomic E-state index is 12.5. The highest BCUT2D eigenvalue weighted by Gasteiger charge is 2.25. The average Bonchev–Trinajstić information content (AvgIpc) is 3.06. The molecule has 2 N–H and O–H groups in total. The molecular formula is C15H23Cl2N3O2S. The molecule has 5 nitrogen and oxygen atoms in total. The molecule has 0 spiro atoms. The highest BCUT2D eigenvalue weighted by molar-refractivity contribution is 7.15. The van der Waals surface area contributed by atoms with Crippen molar-refractivity contribution in [1.82, 2.24) is 9.88 Å². The fourth-order valence-corrected chi connectivity index (χ4v) is 2.93. The first-order chi connectivity index (χ1) is 9.84. The van der Waals surface area contributed by atoms with Gasteiger partial charge in [-0.25, -0.2) is 4.98 Å². The van der Waals surface area contributed by atoms with Crippen LogP contribution in [0.3, 0.4) is 0 Å². The van der Waals surface area contributed by atoms with Crippen molar-refractivity contribution in [3.8, 4) is 10.8 Å². The summed E-state index contributed by atoms with van der Waals surface area (Å²) in [6.07, 6.45) is 1.60. The van der Waals surface area contributed by atoms with E-state index in [1.165, 1.54) is 11.3 Å². The van der Waals surface area contributed by atoms with Gasteiger partial charge in [0.2, 0.25) is 0 Å². The summed E-state index contributed by atoms with van der Waals surface area (Å²) < 4.78 is 5.33. The molecule has 2 aromatic rings. The van der Waals surface area contributed by atoms with E-state index in [1.807, 2.05) is 32.9 Å². The number of nitrogens with zero attached hydrogens (tertiary/aromatic N) is 2. The summed E-state index contributed by atoms with van der Waals surface area (Å²) in [5.41, 5.74) is 6.10. The van der Waals surface area contributed by atoms with Crippen LogP contribution in [0.2, 0.25) is 0 Å². The third kappa shape index (κ3) is 5.21. The lowest BCUT2D eigenvalue weighted by Gasteiger charge is -2.28. The molecule has 2 heterocycles. The molecule has 1 amide bonds. The van der Waals surface area contributed by atoms with Crippen molar-refractivity contribution in [2.45, 2.75) is 20.8 Å². The smallest absolute Gasteiger partial charge is 0.273 e. The second kappa shape index (κ2) is 8.68. The third-order valence-corrected chi connectivity index (χ3v) is 4.28. The Morgan fingerprint density at radius 3 is 2.61 bits per heavy atom. The molecule has 8 heteroatoms. The SMILES string of the molecule is Cc1sc(-c2ccco2)nc1C(=O)N(C)CC(C)(C)CN.Cl.Cl. The molecule has 0 saturated heterocycles. The number of nitrogens with two attached hydrogens (primary N) is 1. The van der Waals surface area contributed by atoms with Crippen molar-refractivity contribution < 1.29 is 9.21 Å². The summed E-state index contributed by atoms with van der Waals surface area (Å²) in [5, 5.41) is 0.729. The Morgan fingerprint density at radius 2 is 2.09 bits per heavy atom. The Bertz CT molecular complexity index is 627. The predicted molar refractivity (Wildman–Crippen MR) is 98.8 cm³/mol. The Hall–Kier alpha value is -1.08. The van der Waals surface area contributed by atoms with Crippen LogP contribution in [0.5, 0.6) is 0 Å². The predicted octanol–water partition coefficient (Wildman–Crippen LogP) is 3.61. The van der Waals surface area contributed by atoms with Gasteiger partial charge in [-0.05, 0) is 31.0 Å². The monoisotopic (exact) mass is 379 g/mol. The van der Waals surface area contributed by atoms with Crippen LogP contribution in [0.25, 0.3) is 10.8 Å². The van der Waals surface area contributed by atoms with Crippen LogP contribution < -0.4 is 5.73 Å². The number of hydrogen-bond acceptors (Lipinski definition) is 5. The summed E-state index contributed by atoms with van der Waals surface area (Å²) in [6.45, 7) is 7.10. The summed E-state index contributed by atoms with van der Waals surface area (Å²) in [4.78, 5) is 19.5. The van der Waals surface area contributed by atoms with Gasteiger partial charge in [-0.3, -0.25) is 4.79 Å². The zero-order valence-electron chi connectivity index (χ0n) is 13.7. The molecule has 0 atom stereocenters. The molecule has 2 aromatic heterocycles. The Kier molecular flexibility index (Phi) is 8.28. The molecule has 2 rings (SSSR count). The molecule has 0 aliphatic heterocycles. The number of carbonyl (C=O) groups is 1. The molecule has 0 aliphatic rings. The van der Waals surface area contributed by atoms with E-state index in [0.29, 0.717) is 24.5 Å². The number of amides is 1. The number of aromatic nitrogens is 1. The lowest BCUT2D eigenvalue weighted by molar-refractivity contribution is 0.0735. The van der Waals surface area contributed by atoms with E-state index in [4.69, 9.17) is 10.2 Å². The molecule has 0 aliphatic carbocycles. The van der Waals surface area contributed by atoms with Gasteiger partial charge in [0.15, 0.2) is 10.8 Å². The van der Waals surface area contributed by atoms with E-state index in [1.54, 1.807) is 18.2 Å². The number of furan rings is 1. The average molecular weight is 380 g/mol. The molecule has 0 saturated carbocycles. The number of carbonyl (C=O) groups excluding carboxylic acids is 1. The fourth-order valence-electron chi connectivity index (χ4n) is 2.06. The maximum absolute atomic E-state index is 12.5. The van der Waals surface area contributed by atoms with Gasteiger partial charge in [0.1, 0.15) is 5.69 Å². The van der Waals surface area contributed by atoms with E-state index in [0.717, 1.165) is 9.88 Å². The van der Waals surface area contributed by atoms with E-state index in [2.05, 4.69) is 4.98 Å². The first kappa shape index (κ1) is 21.9. The molecule has 0 unspecified atom stereocenters. The van der Waals surface area contributed by atoms with Gasteiger partial charge in [0, 0.05) is 18.5 Å². The van der Waals surface area contributed by atoms with Crippen molar-refractivity contribution in [2.75, 3.05) is 20.1 Å². The summed E-state index contributed by atoms with van der Waals surface area (Å²) in [7, 11) is 1.78. The van der Waals surface area contributed by atoms with Gasteiger partial charge in [-0.1, -0.05) is 13.8 Å². The van der Waals surface area contributed by atoms with Crippen molar-refractivity contribution in [3.05, 3.63) is 29.0 Å². The summed E-state index contributed by atoms with van der Waals surface area (Å²) in [6, 6.07) is 3.65. The molecule has 23 heavy (non-hydrogen) atoms. The van der Waals surface area contributed by atoms with Crippen molar-refractivity contribution in [1.29, 1.82) is 0 Å². The number of hydrogen-bond donors (Lipinski definition) is 1. The van der Waals surface area contributed by atoms with Crippen LogP contribution in [-0.2, 0) is 0 Å². The number of rotatable bonds is 5. The van der Waals surface area contributed by atoms with Crippen LogP contribution in [0.15, 0.2) is 22.8 Å². The maximum Gasteiger partial charge on any atom is 0.273 e. The van der Waals surface area contributed by atoms with E-state index >= 15 is 0 Å². The van der Waals surface area contributed by atoms with Gasteiger partial charge >= 0.3 is 0 Å². The lowest BCUT2D eigenvalue weighted by atomic mass is 9.93. The van der Waals surface area contributed by atoms with Gasteiger partial charge < -0.3 is 15.1 Å². The second-order valence-corrected chi connectivity index (χ2v) is 7.13. The van der Waals surface area contributed by atoms with Crippen molar-refractivity contribution in [3.63, 3.8) is 0 Å². The molecular weight excluding hydrogens is 357 g/mol. The van der Waals surface area contributed by atoms with Crippen LogP contribution >= 0.6 is 36.2 Å². The molecule has 130 valence electrons. The van der Waals surface area contributed by atoms with Gasteiger partial charge in [0.05, 0.1) is 6.26 Å². The van der Waals surface area contributed by atoms with Crippen LogP contribution in [0, 0.1) is 12.3 Å². The summed E-state index contributed by atoms with van der Waals surface area (Å²) >= 11 is 1.46. The van der Waals surface area contributed by atoms with E-state index in [-0.39, 0.29) is 36.1 Å². The van der Waals surface area contributed by atoms with Gasteiger partial charge in [0.25, 0.3) is 5.91 Å². The van der Waals surface area contributed by atoms with Crippen LogP contribution in [0.1, 0.15) is 29.2 Å². The molecule has 0 bridgehead atoms. The Morgan fingerprint density at radius 1 is 1.43 bits per heavy atom. The molecule has 0 fully saturated rings. The summed E-state index contributed by atoms with van der Waals surface area (Å²) in [5.74, 6) is 0.607.